The molecule has 0 saturated carbocycles. The third-order valence-electron chi connectivity index (χ3n) is 5.49. The van der Waals surface area contributed by atoms with Crippen LogP contribution in [0.25, 0.3) is 0 Å². The average Bonchev–Trinajstić information content (AvgIpc) is 2.64. The van der Waals surface area contributed by atoms with E-state index in [4.69, 9.17) is 4.74 Å². The normalized spacial score (nSPS) is 16.3. The first-order valence-electron chi connectivity index (χ1n) is 9.51. The summed E-state index contributed by atoms with van der Waals surface area (Å²) in [5.74, 6) is 0.437. The van der Waals surface area contributed by atoms with Gasteiger partial charge in [-0.15, -0.1) is 0 Å². The van der Waals surface area contributed by atoms with E-state index in [1.807, 2.05) is 0 Å². The Morgan fingerprint density at radius 2 is 1.78 bits per heavy atom. The Morgan fingerprint density at radius 1 is 1.11 bits per heavy atom. The molecule has 0 radical (unpaired) electrons. The summed E-state index contributed by atoms with van der Waals surface area (Å²) in [6, 6.07) is 7.90. The van der Waals surface area contributed by atoms with Crippen molar-refractivity contribution in [2.45, 2.75) is 52.1 Å². The SMILES string of the molecule is CCC(CC)CCc1c(O)cc2c(c1O)C(=O)CC(c1ccc(O)cc1)O2. The van der Waals surface area contributed by atoms with E-state index in [9.17, 15) is 20.1 Å². The fourth-order valence-corrected chi connectivity index (χ4v) is 3.67. The monoisotopic (exact) mass is 370 g/mol. The molecule has 27 heavy (non-hydrogen) atoms. The van der Waals surface area contributed by atoms with Crippen molar-refractivity contribution in [2.24, 2.45) is 5.92 Å². The molecule has 1 heterocycles. The molecule has 0 aromatic heterocycles. The molecular formula is C22H26O5. The lowest BCUT2D eigenvalue weighted by molar-refractivity contribution is 0.0844. The molecule has 1 unspecified atom stereocenters. The Morgan fingerprint density at radius 3 is 2.41 bits per heavy atom. The number of phenols is 3. The predicted molar refractivity (Wildman–Crippen MR) is 103 cm³/mol. The number of aromatic hydroxyl groups is 3. The van der Waals surface area contributed by atoms with Gasteiger partial charge >= 0.3 is 0 Å². The quantitative estimate of drug-likeness (QED) is 0.675. The largest absolute Gasteiger partial charge is 0.508 e. The summed E-state index contributed by atoms with van der Waals surface area (Å²) in [4.78, 5) is 12.7. The van der Waals surface area contributed by atoms with Crippen molar-refractivity contribution in [1.29, 1.82) is 0 Å². The number of carbonyl (C=O) groups is 1. The Labute approximate surface area is 159 Å². The van der Waals surface area contributed by atoms with Gasteiger partial charge in [0.15, 0.2) is 5.78 Å². The lowest BCUT2D eigenvalue weighted by Gasteiger charge is -2.27. The van der Waals surface area contributed by atoms with E-state index in [-0.39, 0.29) is 40.8 Å². The van der Waals surface area contributed by atoms with Crippen LogP contribution in [-0.4, -0.2) is 21.1 Å². The second-order valence-corrected chi connectivity index (χ2v) is 7.14. The summed E-state index contributed by atoms with van der Waals surface area (Å²) in [7, 11) is 0. The van der Waals surface area contributed by atoms with Crippen LogP contribution in [0.5, 0.6) is 23.0 Å². The van der Waals surface area contributed by atoms with Gasteiger partial charge in [0.2, 0.25) is 0 Å². The molecule has 2 aromatic carbocycles. The van der Waals surface area contributed by atoms with Gasteiger partial charge in [-0.2, -0.15) is 0 Å². The van der Waals surface area contributed by atoms with Crippen LogP contribution in [0.4, 0.5) is 0 Å². The van der Waals surface area contributed by atoms with Crippen LogP contribution in [0.3, 0.4) is 0 Å². The van der Waals surface area contributed by atoms with Gasteiger partial charge < -0.3 is 20.1 Å². The van der Waals surface area contributed by atoms with Crippen LogP contribution in [0.1, 0.15) is 67.1 Å². The van der Waals surface area contributed by atoms with Gasteiger partial charge in [-0.1, -0.05) is 38.8 Å². The summed E-state index contributed by atoms with van der Waals surface area (Å²) in [6.07, 6.45) is 3.03. The first-order chi connectivity index (χ1) is 12.9. The molecule has 0 saturated heterocycles. The molecule has 5 nitrogen and oxygen atoms in total. The standard InChI is InChI=1S/C22H26O5/c1-3-13(4-2)5-10-16-17(24)11-20-21(22(16)26)18(25)12-19(27-20)14-6-8-15(23)9-7-14/h6-9,11,13,19,23-24,26H,3-5,10,12H2,1-2H3. The maximum atomic E-state index is 12.7. The third-order valence-corrected chi connectivity index (χ3v) is 5.49. The highest BCUT2D eigenvalue weighted by Gasteiger charge is 2.32. The van der Waals surface area contributed by atoms with E-state index >= 15 is 0 Å². The molecule has 0 bridgehead atoms. The molecule has 1 aliphatic heterocycles. The number of phenolic OH excluding ortho intramolecular Hbond substituents is 3. The highest BCUT2D eigenvalue weighted by Crippen LogP contribution is 2.45. The zero-order valence-corrected chi connectivity index (χ0v) is 15.7. The highest BCUT2D eigenvalue weighted by atomic mass is 16.5. The first kappa shape index (κ1) is 19.1. The zero-order valence-electron chi connectivity index (χ0n) is 15.7. The fourth-order valence-electron chi connectivity index (χ4n) is 3.67. The molecule has 3 N–H and O–H groups in total. The van der Waals surface area contributed by atoms with Crippen molar-refractivity contribution in [2.75, 3.05) is 0 Å². The molecule has 2 aromatic rings. The maximum Gasteiger partial charge on any atom is 0.174 e. The molecule has 144 valence electrons. The Bertz CT molecular complexity index is 822. The van der Waals surface area contributed by atoms with E-state index in [1.54, 1.807) is 12.1 Å². The van der Waals surface area contributed by atoms with Crippen molar-refractivity contribution >= 4 is 5.78 Å². The summed E-state index contributed by atoms with van der Waals surface area (Å²) in [5, 5.41) is 30.5. The maximum absolute atomic E-state index is 12.7. The topological polar surface area (TPSA) is 87.0 Å². The minimum atomic E-state index is -0.514. The summed E-state index contributed by atoms with van der Waals surface area (Å²) in [6.45, 7) is 4.25. The number of hydrogen-bond donors (Lipinski definition) is 3. The average molecular weight is 370 g/mol. The van der Waals surface area contributed by atoms with Crippen molar-refractivity contribution in [1.82, 2.24) is 0 Å². The van der Waals surface area contributed by atoms with E-state index in [1.165, 1.54) is 18.2 Å². The third kappa shape index (κ3) is 3.87. The lowest BCUT2D eigenvalue weighted by Crippen LogP contribution is -2.21. The smallest absolute Gasteiger partial charge is 0.174 e. The summed E-state index contributed by atoms with van der Waals surface area (Å²) < 4.78 is 5.89. The number of fused-ring (bicyclic) bond motifs is 1. The summed E-state index contributed by atoms with van der Waals surface area (Å²) in [5.41, 5.74) is 1.33. The van der Waals surface area contributed by atoms with Gasteiger partial charge in [0.25, 0.3) is 0 Å². The first-order valence-corrected chi connectivity index (χ1v) is 9.51. The number of ether oxygens (including phenoxy) is 1. The van der Waals surface area contributed by atoms with Crippen LogP contribution >= 0.6 is 0 Å². The van der Waals surface area contributed by atoms with E-state index in [0.717, 1.165) is 24.8 Å². The molecule has 0 amide bonds. The second-order valence-electron chi connectivity index (χ2n) is 7.14. The van der Waals surface area contributed by atoms with E-state index in [0.29, 0.717) is 17.9 Å². The van der Waals surface area contributed by atoms with Gasteiger partial charge in [-0.05, 0) is 36.5 Å². The Hall–Kier alpha value is -2.69. The number of benzene rings is 2. The number of carbonyl (C=O) groups excluding carboxylic acids is 1. The predicted octanol–water partition coefficient (Wildman–Crippen LogP) is 4.88. The van der Waals surface area contributed by atoms with Crippen molar-refractivity contribution in [3.63, 3.8) is 0 Å². The Kier molecular flexibility index (Phi) is 5.59. The van der Waals surface area contributed by atoms with Gasteiger partial charge in [0, 0.05) is 11.6 Å². The summed E-state index contributed by atoms with van der Waals surface area (Å²) >= 11 is 0. The van der Waals surface area contributed by atoms with E-state index < -0.39 is 6.10 Å². The lowest BCUT2D eigenvalue weighted by atomic mass is 9.90. The van der Waals surface area contributed by atoms with Gasteiger partial charge in [-0.25, -0.2) is 0 Å². The number of ketones is 1. The van der Waals surface area contributed by atoms with E-state index in [2.05, 4.69) is 13.8 Å². The van der Waals surface area contributed by atoms with Crippen LogP contribution in [-0.2, 0) is 6.42 Å². The van der Waals surface area contributed by atoms with Gasteiger partial charge in [-0.3, -0.25) is 4.79 Å². The fraction of sp³-hybridized carbons (Fsp3) is 0.409. The number of Topliss-reactive ketones (excluding diaryl/α,β-unsaturated/α-hetero) is 1. The molecule has 0 aliphatic carbocycles. The van der Waals surface area contributed by atoms with Crippen LogP contribution in [0.2, 0.25) is 0 Å². The minimum absolute atomic E-state index is 0.0450. The molecule has 1 atom stereocenters. The Balaban J connectivity index is 1.89. The van der Waals surface area contributed by atoms with Gasteiger partial charge in [0.05, 0.1) is 6.42 Å². The van der Waals surface area contributed by atoms with Crippen molar-refractivity contribution < 1.29 is 24.9 Å². The zero-order chi connectivity index (χ0) is 19.6. The van der Waals surface area contributed by atoms with Crippen molar-refractivity contribution in [3.05, 3.63) is 47.0 Å². The van der Waals surface area contributed by atoms with Crippen LogP contribution in [0, 0.1) is 5.92 Å². The highest BCUT2D eigenvalue weighted by molar-refractivity contribution is 6.03. The number of rotatable bonds is 6. The molecule has 0 spiro atoms. The molecule has 0 fully saturated rings. The van der Waals surface area contributed by atoms with Crippen LogP contribution in [0.15, 0.2) is 30.3 Å². The molecular weight excluding hydrogens is 344 g/mol. The van der Waals surface area contributed by atoms with Gasteiger partial charge in [0.1, 0.15) is 34.7 Å². The number of hydrogen-bond acceptors (Lipinski definition) is 5. The molecule has 1 aliphatic rings. The minimum Gasteiger partial charge on any atom is -0.508 e. The van der Waals surface area contributed by atoms with Crippen LogP contribution < -0.4 is 4.74 Å². The molecule has 5 heteroatoms. The molecule has 3 rings (SSSR count). The second kappa shape index (κ2) is 7.91. The van der Waals surface area contributed by atoms with Crippen molar-refractivity contribution in [3.8, 4) is 23.0 Å².